The molecule has 6 nitrogen and oxygen atoms in total. The van der Waals surface area contributed by atoms with E-state index in [-0.39, 0.29) is 18.4 Å². The third-order valence-corrected chi connectivity index (χ3v) is 3.16. The van der Waals surface area contributed by atoms with E-state index >= 15 is 0 Å². The minimum absolute atomic E-state index is 0.0597. The number of aromatic amines is 1. The summed E-state index contributed by atoms with van der Waals surface area (Å²) in [7, 11) is 1.67. The quantitative estimate of drug-likeness (QED) is 0.877. The molecule has 2 aromatic rings. The number of halogens is 1. The Bertz CT molecular complexity index is 610. The minimum Gasteiger partial charge on any atom is -0.343 e. The average Bonchev–Trinajstić information content (AvgIpc) is 2.98. The van der Waals surface area contributed by atoms with Crippen LogP contribution in [0.3, 0.4) is 0 Å². The lowest BCUT2D eigenvalue weighted by atomic mass is 10.2. The van der Waals surface area contributed by atoms with Crippen LogP contribution in [0, 0.1) is 0 Å². The Morgan fingerprint density at radius 3 is 2.67 bits per heavy atom. The normalized spacial score (nSPS) is 10.2. The van der Waals surface area contributed by atoms with Crippen molar-refractivity contribution in [1.82, 2.24) is 20.4 Å². The van der Waals surface area contributed by atoms with E-state index in [0.29, 0.717) is 17.1 Å². The largest absolute Gasteiger partial charge is 0.343 e. The van der Waals surface area contributed by atoms with E-state index < -0.39 is 0 Å². The molecule has 0 spiro atoms. The van der Waals surface area contributed by atoms with Crippen molar-refractivity contribution in [2.24, 2.45) is 0 Å². The van der Waals surface area contributed by atoms with Crippen molar-refractivity contribution >= 4 is 23.4 Å². The predicted octanol–water partition coefficient (Wildman–Crippen LogP) is 1.45. The maximum Gasteiger partial charge on any atom is 0.251 e. The summed E-state index contributed by atoms with van der Waals surface area (Å²) >= 11 is 5.75. The molecule has 0 atom stereocenters. The first kappa shape index (κ1) is 15.1. The number of amides is 2. The highest BCUT2D eigenvalue weighted by Crippen LogP contribution is 2.09. The van der Waals surface area contributed by atoms with Gasteiger partial charge in [-0.2, -0.15) is 5.10 Å². The molecule has 0 unspecified atom stereocenters. The molecule has 0 fully saturated rings. The third kappa shape index (κ3) is 4.32. The van der Waals surface area contributed by atoms with Gasteiger partial charge in [-0.25, -0.2) is 0 Å². The zero-order valence-electron chi connectivity index (χ0n) is 11.5. The van der Waals surface area contributed by atoms with Crippen molar-refractivity contribution in [3.63, 3.8) is 0 Å². The molecule has 0 bridgehead atoms. The van der Waals surface area contributed by atoms with Gasteiger partial charge < -0.3 is 10.2 Å². The van der Waals surface area contributed by atoms with E-state index in [0.717, 1.165) is 5.56 Å². The number of hydrogen-bond donors (Lipinski definition) is 2. The summed E-state index contributed by atoms with van der Waals surface area (Å²) in [6.45, 7) is 0.377. The number of nitrogens with zero attached hydrogens (tertiary/aromatic N) is 2. The first-order chi connectivity index (χ1) is 10.1. The lowest BCUT2D eigenvalue weighted by molar-refractivity contribution is -0.129. The van der Waals surface area contributed by atoms with Crippen LogP contribution in [0.5, 0.6) is 0 Å². The second-order valence-corrected chi connectivity index (χ2v) is 4.98. The van der Waals surface area contributed by atoms with Gasteiger partial charge in [-0.05, 0) is 24.3 Å². The molecule has 1 aromatic heterocycles. The van der Waals surface area contributed by atoms with Crippen LogP contribution in [0.25, 0.3) is 0 Å². The van der Waals surface area contributed by atoms with Crippen LogP contribution in [0.15, 0.2) is 36.7 Å². The zero-order chi connectivity index (χ0) is 15.2. The number of rotatable bonds is 5. The maximum atomic E-state index is 11.9. The highest BCUT2D eigenvalue weighted by atomic mass is 35.5. The molecule has 1 aromatic carbocycles. The summed E-state index contributed by atoms with van der Waals surface area (Å²) in [4.78, 5) is 25.3. The second-order valence-electron chi connectivity index (χ2n) is 4.55. The molecule has 0 saturated heterocycles. The molecule has 1 heterocycles. The molecule has 0 saturated carbocycles. The van der Waals surface area contributed by atoms with Crippen LogP contribution < -0.4 is 5.32 Å². The number of likely N-dealkylation sites (N-methyl/N-ethyl adjacent to an activating group) is 1. The highest BCUT2D eigenvalue weighted by molar-refractivity contribution is 6.30. The van der Waals surface area contributed by atoms with Crippen molar-refractivity contribution in [1.29, 1.82) is 0 Å². The number of H-pyrrole nitrogens is 1. The predicted molar refractivity (Wildman–Crippen MR) is 78.8 cm³/mol. The molecular weight excluding hydrogens is 292 g/mol. The Labute approximate surface area is 127 Å². The van der Waals surface area contributed by atoms with Crippen molar-refractivity contribution < 1.29 is 9.59 Å². The first-order valence-electron chi connectivity index (χ1n) is 6.31. The number of hydrogen-bond acceptors (Lipinski definition) is 3. The summed E-state index contributed by atoms with van der Waals surface area (Å²) in [5.41, 5.74) is 1.36. The van der Waals surface area contributed by atoms with Gasteiger partial charge in [0.1, 0.15) is 0 Å². The first-order valence-corrected chi connectivity index (χ1v) is 6.69. The van der Waals surface area contributed by atoms with Crippen molar-refractivity contribution in [2.75, 3.05) is 13.6 Å². The molecule has 0 aliphatic rings. The fourth-order valence-corrected chi connectivity index (χ4v) is 1.85. The molecule has 0 aliphatic heterocycles. The van der Waals surface area contributed by atoms with Gasteiger partial charge in [0.05, 0.1) is 12.7 Å². The van der Waals surface area contributed by atoms with Gasteiger partial charge in [-0.15, -0.1) is 0 Å². The highest BCUT2D eigenvalue weighted by Gasteiger charge is 2.12. The average molecular weight is 307 g/mol. The van der Waals surface area contributed by atoms with Crippen molar-refractivity contribution in [3.05, 3.63) is 52.8 Å². The number of carbonyl (C=O) groups excluding carboxylic acids is 2. The summed E-state index contributed by atoms with van der Waals surface area (Å²) in [5.74, 6) is -0.491. The lowest BCUT2D eigenvalue weighted by Crippen LogP contribution is -2.37. The molecule has 2 N–H and O–H groups in total. The van der Waals surface area contributed by atoms with Gasteiger partial charge in [0.25, 0.3) is 5.91 Å². The van der Waals surface area contributed by atoms with E-state index in [2.05, 4.69) is 15.5 Å². The number of aromatic nitrogens is 2. The topological polar surface area (TPSA) is 78.1 Å². The fraction of sp³-hybridized carbons (Fsp3) is 0.214. The molecule has 21 heavy (non-hydrogen) atoms. The van der Waals surface area contributed by atoms with Gasteiger partial charge >= 0.3 is 0 Å². The molecule has 0 aliphatic carbocycles. The fourth-order valence-electron chi connectivity index (χ4n) is 1.72. The van der Waals surface area contributed by atoms with Gasteiger partial charge in [0.2, 0.25) is 5.91 Å². The Balaban J connectivity index is 1.83. The Morgan fingerprint density at radius 1 is 1.33 bits per heavy atom. The minimum atomic E-state index is -0.309. The van der Waals surface area contributed by atoms with Crippen LogP contribution in [-0.2, 0) is 11.3 Å². The SMILES string of the molecule is CN(Cc1cn[nH]c1)C(=O)CNC(=O)c1ccc(Cl)cc1. The Kier molecular flexibility index (Phi) is 4.94. The second kappa shape index (κ2) is 6.90. The summed E-state index contributed by atoms with van der Waals surface area (Å²) in [5, 5.41) is 9.63. The van der Waals surface area contributed by atoms with Crippen molar-refractivity contribution in [3.8, 4) is 0 Å². The van der Waals surface area contributed by atoms with Gasteiger partial charge in [0, 0.05) is 35.9 Å². The van der Waals surface area contributed by atoms with E-state index in [9.17, 15) is 9.59 Å². The van der Waals surface area contributed by atoms with E-state index in [1.165, 1.54) is 4.90 Å². The van der Waals surface area contributed by atoms with Crippen molar-refractivity contribution in [2.45, 2.75) is 6.54 Å². The summed E-state index contributed by atoms with van der Waals surface area (Å²) < 4.78 is 0. The lowest BCUT2D eigenvalue weighted by Gasteiger charge is -2.16. The van der Waals surface area contributed by atoms with Gasteiger partial charge in [-0.1, -0.05) is 11.6 Å². The number of nitrogens with one attached hydrogen (secondary N) is 2. The molecule has 7 heteroatoms. The van der Waals surface area contributed by atoms with E-state index in [1.54, 1.807) is 43.7 Å². The molecule has 2 rings (SSSR count). The Hall–Kier alpha value is -2.34. The van der Waals surface area contributed by atoms with E-state index in [1.807, 2.05) is 0 Å². The number of benzene rings is 1. The van der Waals surface area contributed by atoms with Crippen LogP contribution in [0.1, 0.15) is 15.9 Å². The third-order valence-electron chi connectivity index (χ3n) is 2.91. The maximum absolute atomic E-state index is 11.9. The van der Waals surface area contributed by atoms with Gasteiger partial charge in [-0.3, -0.25) is 14.7 Å². The van der Waals surface area contributed by atoms with E-state index in [4.69, 9.17) is 11.6 Å². The molecule has 0 radical (unpaired) electrons. The van der Waals surface area contributed by atoms with Crippen LogP contribution in [0.2, 0.25) is 5.02 Å². The van der Waals surface area contributed by atoms with Gasteiger partial charge in [0.15, 0.2) is 0 Å². The van der Waals surface area contributed by atoms with Crippen LogP contribution in [0.4, 0.5) is 0 Å². The number of carbonyl (C=O) groups is 2. The smallest absolute Gasteiger partial charge is 0.251 e. The van der Waals surface area contributed by atoms with Crippen LogP contribution in [-0.4, -0.2) is 40.5 Å². The molecule has 110 valence electrons. The molecule has 2 amide bonds. The zero-order valence-corrected chi connectivity index (χ0v) is 12.2. The summed E-state index contributed by atoms with van der Waals surface area (Å²) in [6.07, 6.45) is 3.37. The monoisotopic (exact) mass is 306 g/mol. The molecular formula is C14H15ClN4O2. The van der Waals surface area contributed by atoms with Crippen LogP contribution >= 0.6 is 11.6 Å². The standard InChI is InChI=1S/C14H15ClN4O2/c1-19(9-10-6-17-18-7-10)13(20)8-16-14(21)11-2-4-12(15)5-3-11/h2-7H,8-9H2,1H3,(H,16,21)(H,17,18). The Morgan fingerprint density at radius 2 is 2.05 bits per heavy atom. The summed E-state index contributed by atoms with van der Waals surface area (Å²) in [6, 6.07) is 6.47.